The molecular weight excluding hydrogens is 604 g/mol. The van der Waals surface area contributed by atoms with E-state index in [9.17, 15) is 9.59 Å². The number of aliphatic imine (C=N–C) groups is 1. The molecule has 2 fully saturated rings. The number of pyridine rings is 1. The number of aromatic nitrogens is 6. The van der Waals surface area contributed by atoms with Gasteiger partial charge in [0, 0.05) is 62.2 Å². The van der Waals surface area contributed by atoms with Crippen LogP contribution in [0.5, 0.6) is 0 Å². The Balaban J connectivity index is 0.882. The minimum atomic E-state index is -0.470. The van der Waals surface area contributed by atoms with Crippen molar-refractivity contribution in [3.63, 3.8) is 0 Å². The molecule has 7 heterocycles. The maximum Gasteiger partial charge on any atom is 0.237 e. The molecule has 4 aliphatic heterocycles. The Morgan fingerprint density at radius 2 is 1.81 bits per heavy atom. The van der Waals surface area contributed by atoms with Crippen LogP contribution in [-0.4, -0.2) is 96.1 Å². The highest BCUT2D eigenvalue weighted by molar-refractivity contribution is 6.14. The van der Waals surface area contributed by atoms with Crippen molar-refractivity contribution in [1.82, 2.24) is 39.3 Å². The Hall–Kier alpha value is -4.97. The number of amides is 2. The zero-order valence-electron chi connectivity index (χ0n) is 27.7. The highest BCUT2D eigenvalue weighted by Gasteiger charge is 2.51. The molecule has 0 N–H and O–H groups in total. The molecule has 12 heteroatoms. The third-order valence-electron chi connectivity index (χ3n) is 10.3. The standard InChI is InChI=1S/C36H40N10O2/c1-24(2)46-20-29(19-39-46)32-33-28(18-37-32)8-9-30(40-33)45-17-13-36(35(45)48)12-16-43(22-36)21-31(47)44-14-10-26(11-15-44)25-4-6-27(7-5-25)34-38-23-42(3)41-34/h4-10,19-20,23-24H,11-18,21-22H2,1-3H3/t36-/m0/s1. The molecule has 48 heavy (non-hydrogen) atoms. The fraction of sp³-hybridized carbons (Fsp3) is 0.417. The summed E-state index contributed by atoms with van der Waals surface area (Å²) in [5, 5.41) is 8.86. The van der Waals surface area contributed by atoms with E-state index in [0.717, 1.165) is 59.5 Å². The Morgan fingerprint density at radius 3 is 2.54 bits per heavy atom. The van der Waals surface area contributed by atoms with Crippen LogP contribution in [0.3, 0.4) is 0 Å². The topological polar surface area (TPSA) is 118 Å². The highest BCUT2D eigenvalue weighted by Crippen LogP contribution is 2.42. The number of rotatable bonds is 7. The number of nitrogens with zero attached hydrogens (tertiary/aromatic N) is 10. The van der Waals surface area contributed by atoms with Gasteiger partial charge in [-0.3, -0.25) is 33.7 Å². The monoisotopic (exact) mass is 644 g/mol. The Labute approximate surface area is 279 Å². The summed E-state index contributed by atoms with van der Waals surface area (Å²) in [6.45, 7) is 8.36. The second kappa shape index (κ2) is 11.9. The summed E-state index contributed by atoms with van der Waals surface area (Å²) in [6.07, 6.45) is 10.0. The van der Waals surface area contributed by atoms with Crippen LogP contribution in [0.25, 0.3) is 17.0 Å². The van der Waals surface area contributed by atoms with E-state index in [4.69, 9.17) is 9.98 Å². The lowest BCUT2D eigenvalue weighted by Crippen LogP contribution is -2.43. The SMILES string of the molecule is CC(C)n1cc(C2=NCc3ccc(N4CC[C@]5(CCN(CC(=O)N6CC=C(c7ccc(-c8ncn(C)n8)cc7)CC6)C5)C4=O)nc32)cn1. The molecule has 12 nitrogen and oxygen atoms in total. The number of benzene rings is 1. The van der Waals surface area contributed by atoms with E-state index in [1.807, 2.05) is 58.2 Å². The summed E-state index contributed by atoms with van der Waals surface area (Å²) < 4.78 is 3.62. The first-order chi connectivity index (χ1) is 23.3. The number of aryl methyl sites for hydroxylation is 1. The predicted molar refractivity (Wildman–Crippen MR) is 182 cm³/mol. The summed E-state index contributed by atoms with van der Waals surface area (Å²) in [5.41, 5.74) is 6.61. The van der Waals surface area contributed by atoms with Gasteiger partial charge in [-0.2, -0.15) is 10.2 Å². The Bertz CT molecular complexity index is 1950. The minimum Gasteiger partial charge on any atom is -0.338 e. The molecule has 0 bridgehead atoms. The highest BCUT2D eigenvalue weighted by atomic mass is 16.2. The van der Waals surface area contributed by atoms with Crippen LogP contribution in [0.15, 0.2) is 66.2 Å². The van der Waals surface area contributed by atoms with Crippen molar-refractivity contribution in [3.8, 4) is 11.4 Å². The molecule has 2 saturated heterocycles. The van der Waals surface area contributed by atoms with Crippen LogP contribution in [0.2, 0.25) is 0 Å². The molecule has 2 amide bonds. The van der Waals surface area contributed by atoms with Gasteiger partial charge in [0.05, 0.1) is 36.1 Å². The van der Waals surface area contributed by atoms with Gasteiger partial charge in [0.25, 0.3) is 0 Å². The molecule has 4 aromatic rings. The second-order valence-corrected chi connectivity index (χ2v) is 13.7. The zero-order chi connectivity index (χ0) is 33.0. The predicted octanol–water partition coefficient (Wildman–Crippen LogP) is 3.75. The van der Waals surface area contributed by atoms with Crippen LogP contribution < -0.4 is 4.90 Å². The molecule has 3 aromatic heterocycles. The van der Waals surface area contributed by atoms with Crippen LogP contribution in [0, 0.1) is 5.41 Å². The molecule has 0 saturated carbocycles. The average Bonchev–Trinajstić information content (AvgIpc) is 3.94. The van der Waals surface area contributed by atoms with Gasteiger partial charge in [-0.05, 0) is 56.9 Å². The summed E-state index contributed by atoms with van der Waals surface area (Å²) in [6, 6.07) is 12.6. The maximum absolute atomic E-state index is 14.0. The average molecular weight is 645 g/mol. The zero-order valence-corrected chi connectivity index (χ0v) is 27.7. The lowest BCUT2D eigenvalue weighted by Gasteiger charge is -2.29. The van der Waals surface area contributed by atoms with E-state index in [-0.39, 0.29) is 17.9 Å². The molecule has 1 spiro atoms. The molecule has 246 valence electrons. The van der Waals surface area contributed by atoms with E-state index < -0.39 is 5.41 Å². The summed E-state index contributed by atoms with van der Waals surface area (Å²) in [7, 11) is 1.86. The smallest absolute Gasteiger partial charge is 0.237 e. The van der Waals surface area contributed by atoms with Gasteiger partial charge in [-0.15, -0.1) is 0 Å². The number of hydrogen-bond acceptors (Lipinski definition) is 8. The first-order valence-corrected chi connectivity index (χ1v) is 16.8. The van der Waals surface area contributed by atoms with Crippen molar-refractivity contribution in [2.24, 2.45) is 17.5 Å². The maximum atomic E-state index is 14.0. The Kier molecular flexibility index (Phi) is 7.54. The van der Waals surface area contributed by atoms with Gasteiger partial charge in [-0.1, -0.05) is 36.4 Å². The Morgan fingerprint density at radius 1 is 1.00 bits per heavy atom. The summed E-state index contributed by atoms with van der Waals surface area (Å²) in [5.74, 6) is 1.62. The van der Waals surface area contributed by atoms with E-state index in [2.05, 4.69) is 52.1 Å². The fourth-order valence-corrected chi connectivity index (χ4v) is 7.44. The molecule has 0 unspecified atom stereocenters. The largest absolute Gasteiger partial charge is 0.338 e. The van der Waals surface area contributed by atoms with Gasteiger partial charge >= 0.3 is 0 Å². The number of fused-ring (bicyclic) bond motifs is 1. The molecule has 4 aliphatic rings. The first kappa shape index (κ1) is 30.4. The van der Waals surface area contributed by atoms with E-state index in [1.165, 1.54) is 5.57 Å². The molecule has 1 aromatic carbocycles. The number of anilines is 1. The third kappa shape index (κ3) is 5.43. The normalized spacial score (nSPS) is 21.0. The van der Waals surface area contributed by atoms with E-state index in [0.29, 0.717) is 50.9 Å². The first-order valence-electron chi connectivity index (χ1n) is 16.8. The van der Waals surface area contributed by atoms with Crippen LogP contribution in [0.4, 0.5) is 5.82 Å². The van der Waals surface area contributed by atoms with Crippen molar-refractivity contribution >= 4 is 28.9 Å². The van der Waals surface area contributed by atoms with Gasteiger partial charge in [0.15, 0.2) is 5.82 Å². The third-order valence-corrected chi connectivity index (χ3v) is 10.3. The lowest BCUT2D eigenvalue weighted by molar-refractivity contribution is -0.132. The van der Waals surface area contributed by atoms with Gasteiger partial charge < -0.3 is 4.90 Å². The van der Waals surface area contributed by atoms with Gasteiger partial charge in [-0.25, -0.2) is 9.97 Å². The van der Waals surface area contributed by atoms with Crippen molar-refractivity contribution < 1.29 is 9.59 Å². The van der Waals surface area contributed by atoms with Crippen molar-refractivity contribution in [2.75, 3.05) is 44.2 Å². The quantitative estimate of drug-likeness (QED) is 0.301. The van der Waals surface area contributed by atoms with Crippen molar-refractivity contribution in [1.29, 1.82) is 0 Å². The molecule has 1 atom stereocenters. The van der Waals surface area contributed by atoms with E-state index in [1.54, 1.807) is 11.0 Å². The number of likely N-dealkylation sites (tertiary alicyclic amines) is 1. The number of carbonyl (C=O) groups is 2. The molecule has 0 aliphatic carbocycles. The minimum absolute atomic E-state index is 0.115. The molecular formula is C36H40N10O2. The van der Waals surface area contributed by atoms with Gasteiger partial charge in [0.2, 0.25) is 11.8 Å². The fourth-order valence-electron chi connectivity index (χ4n) is 7.44. The van der Waals surface area contributed by atoms with E-state index >= 15 is 0 Å². The number of hydrogen-bond donors (Lipinski definition) is 0. The summed E-state index contributed by atoms with van der Waals surface area (Å²) >= 11 is 0. The molecule has 0 radical (unpaired) electrons. The van der Waals surface area contributed by atoms with Crippen LogP contribution in [-0.2, 0) is 23.2 Å². The summed E-state index contributed by atoms with van der Waals surface area (Å²) in [4.78, 5) is 47.4. The van der Waals surface area contributed by atoms with Crippen molar-refractivity contribution in [2.45, 2.75) is 45.7 Å². The van der Waals surface area contributed by atoms with Gasteiger partial charge in [0.1, 0.15) is 12.1 Å². The molecule has 8 rings (SSSR count). The van der Waals surface area contributed by atoms with Crippen LogP contribution in [0.1, 0.15) is 61.5 Å². The van der Waals surface area contributed by atoms with Crippen LogP contribution >= 0.6 is 0 Å². The van der Waals surface area contributed by atoms with Crippen molar-refractivity contribution in [3.05, 3.63) is 83.6 Å². The second-order valence-electron chi connectivity index (χ2n) is 13.7. The number of carbonyl (C=O) groups excluding carboxylic acids is 2. The lowest BCUT2D eigenvalue weighted by atomic mass is 9.85.